The van der Waals surface area contributed by atoms with Gasteiger partial charge in [0, 0.05) is 42.8 Å². The molecule has 9 heteroatoms. The number of rotatable bonds is 4. The minimum atomic E-state index is -4.38. The predicted octanol–water partition coefficient (Wildman–Crippen LogP) is 2.75. The van der Waals surface area contributed by atoms with Crippen LogP contribution in [0.3, 0.4) is 0 Å². The number of amides is 1. The summed E-state index contributed by atoms with van der Waals surface area (Å²) in [6.45, 7) is 3.09. The first-order valence-corrected chi connectivity index (χ1v) is 8.14. The molecule has 2 N–H and O–H groups in total. The highest BCUT2D eigenvalue weighted by molar-refractivity contribution is 9.10. The molecule has 1 heterocycles. The summed E-state index contributed by atoms with van der Waals surface area (Å²) in [5, 5.41) is 5.43. The Morgan fingerprint density at radius 1 is 1.38 bits per heavy atom. The van der Waals surface area contributed by atoms with E-state index in [2.05, 4.69) is 26.6 Å². The summed E-state index contributed by atoms with van der Waals surface area (Å²) in [6, 6.07) is 3.29. The van der Waals surface area contributed by atoms with Gasteiger partial charge < -0.3 is 10.6 Å². The number of aryl methyl sites for hydroxylation is 1. The molecule has 0 radical (unpaired) electrons. The summed E-state index contributed by atoms with van der Waals surface area (Å²) in [4.78, 5) is 13.5. The Balaban J connectivity index is 0.00000288. The van der Waals surface area contributed by atoms with Crippen molar-refractivity contribution in [1.29, 1.82) is 0 Å². The van der Waals surface area contributed by atoms with Crippen LogP contribution in [0.5, 0.6) is 0 Å². The van der Waals surface area contributed by atoms with Crippen molar-refractivity contribution in [2.24, 2.45) is 0 Å². The van der Waals surface area contributed by atoms with Gasteiger partial charge in [-0.05, 0) is 24.6 Å². The number of nitrogens with one attached hydrogen (secondary N) is 2. The van der Waals surface area contributed by atoms with Crippen molar-refractivity contribution >= 4 is 34.2 Å². The second-order valence-electron chi connectivity index (χ2n) is 5.52. The average molecular weight is 431 g/mol. The van der Waals surface area contributed by atoms with Crippen LogP contribution in [0.15, 0.2) is 22.7 Å². The van der Waals surface area contributed by atoms with Crippen molar-refractivity contribution in [1.82, 2.24) is 15.5 Å². The molecule has 1 fully saturated rings. The van der Waals surface area contributed by atoms with E-state index in [4.69, 9.17) is 0 Å². The molecule has 2 rings (SSSR count). The summed E-state index contributed by atoms with van der Waals surface area (Å²) >= 11 is 3.31. The van der Waals surface area contributed by atoms with Gasteiger partial charge in [0.25, 0.3) is 5.91 Å². The Morgan fingerprint density at radius 2 is 2.00 bits per heavy atom. The van der Waals surface area contributed by atoms with Crippen LogP contribution < -0.4 is 10.6 Å². The molecule has 1 aliphatic rings. The van der Waals surface area contributed by atoms with E-state index in [-0.39, 0.29) is 12.4 Å². The maximum Gasteiger partial charge on any atom is 0.405 e. The van der Waals surface area contributed by atoms with Crippen LogP contribution >= 0.6 is 28.3 Å². The Bertz CT molecular complexity index is 565. The number of carbonyl (C=O) groups excluding carboxylic acids is 1. The quantitative estimate of drug-likeness (QED) is 0.772. The van der Waals surface area contributed by atoms with Crippen LogP contribution in [0.2, 0.25) is 0 Å². The predicted molar refractivity (Wildman–Crippen MR) is 92.7 cm³/mol. The number of nitrogens with zero attached hydrogens (tertiary/aromatic N) is 1. The van der Waals surface area contributed by atoms with E-state index >= 15 is 0 Å². The molecule has 0 aromatic heterocycles. The molecule has 0 aliphatic carbocycles. The van der Waals surface area contributed by atoms with E-state index in [0.29, 0.717) is 31.7 Å². The molecule has 1 unspecified atom stereocenters. The fourth-order valence-corrected chi connectivity index (χ4v) is 2.85. The van der Waals surface area contributed by atoms with Gasteiger partial charge in [0.05, 0.1) is 0 Å². The number of piperazine rings is 1. The van der Waals surface area contributed by atoms with Crippen molar-refractivity contribution in [2.45, 2.75) is 19.1 Å². The molecule has 0 saturated carbocycles. The van der Waals surface area contributed by atoms with Gasteiger partial charge in [-0.25, -0.2) is 0 Å². The maximum absolute atomic E-state index is 13.3. The lowest BCUT2D eigenvalue weighted by molar-refractivity contribution is -0.183. The summed E-state index contributed by atoms with van der Waals surface area (Å²) in [5.74, 6) is -0.505. The van der Waals surface area contributed by atoms with E-state index in [9.17, 15) is 18.0 Å². The van der Waals surface area contributed by atoms with Gasteiger partial charge in [-0.3, -0.25) is 9.69 Å². The number of carbonyl (C=O) groups is 1. The summed E-state index contributed by atoms with van der Waals surface area (Å²) < 4.78 is 40.5. The standard InChI is InChI=1S/C15H19BrF3N3O.ClH/c1-10-2-3-11(8-12(10)16)14(23)21-9-13(15(17,18)19)22-6-4-20-5-7-22;/h2-3,8,13,20H,4-7,9H2,1H3,(H,21,23);1H. The monoisotopic (exact) mass is 429 g/mol. The minimum Gasteiger partial charge on any atom is -0.350 e. The van der Waals surface area contributed by atoms with Crippen molar-refractivity contribution in [3.63, 3.8) is 0 Å². The molecule has 0 spiro atoms. The zero-order chi connectivity index (χ0) is 17.0. The molecule has 24 heavy (non-hydrogen) atoms. The number of halogens is 5. The Hall–Kier alpha value is -0.830. The molecule has 1 aromatic carbocycles. The first kappa shape index (κ1) is 21.2. The second-order valence-corrected chi connectivity index (χ2v) is 6.37. The van der Waals surface area contributed by atoms with Gasteiger partial charge in [0.2, 0.25) is 0 Å². The lowest BCUT2D eigenvalue weighted by atomic mass is 10.1. The number of hydrogen-bond acceptors (Lipinski definition) is 3. The Kier molecular flexibility index (Phi) is 7.98. The van der Waals surface area contributed by atoms with E-state index in [1.165, 1.54) is 4.90 Å². The molecule has 1 saturated heterocycles. The SMILES string of the molecule is Cc1ccc(C(=O)NCC(N2CCNCC2)C(F)(F)F)cc1Br.Cl. The third-order valence-corrected chi connectivity index (χ3v) is 4.71. The largest absolute Gasteiger partial charge is 0.405 e. The Morgan fingerprint density at radius 3 is 2.54 bits per heavy atom. The highest BCUT2D eigenvalue weighted by Gasteiger charge is 2.43. The van der Waals surface area contributed by atoms with Crippen molar-refractivity contribution < 1.29 is 18.0 Å². The minimum absolute atomic E-state index is 0. The molecular weight excluding hydrogens is 411 g/mol. The number of benzene rings is 1. The fourth-order valence-electron chi connectivity index (χ4n) is 2.47. The van der Waals surface area contributed by atoms with Crippen LogP contribution in [0.25, 0.3) is 0 Å². The zero-order valence-electron chi connectivity index (χ0n) is 13.1. The first-order chi connectivity index (χ1) is 10.8. The molecular formula is C15H20BrClF3N3O. The van der Waals surface area contributed by atoms with Crippen molar-refractivity contribution in [2.75, 3.05) is 32.7 Å². The lowest BCUT2D eigenvalue weighted by Crippen LogP contribution is -2.57. The summed E-state index contributed by atoms with van der Waals surface area (Å²) in [6.07, 6.45) is -4.38. The van der Waals surface area contributed by atoms with Gasteiger partial charge in [0.15, 0.2) is 0 Å². The average Bonchev–Trinajstić information content (AvgIpc) is 2.49. The molecule has 0 bridgehead atoms. The molecule has 1 aliphatic heterocycles. The maximum atomic E-state index is 13.3. The first-order valence-electron chi connectivity index (χ1n) is 7.35. The van der Waals surface area contributed by atoms with Gasteiger partial charge >= 0.3 is 6.18 Å². The topological polar surface area (TPSA) is 44.4 Å². The Labute approximate surface area is 153 Å². The second kappa shape index (κ2) is 9.03. The molecule has 1 amide bonds. The molecule has 4 nitrogen and oxygen atoms in total. The van der Waals surface area contributed by atoms with Crippen molar-refractivity contribution in [3.8, 4) is 0 Å². The van der Waals surface area contributed by atoms with Gasteiger partial charge in [0.1, 0.15) is 6.04 Å². The van der Waals surface area contributed by atoms with E-state index in [0.717, 1.165) is 10.0 Å². The van der Waals surface area contributed by atoms with E-state index < -0.39 is 24.7 Å². The molecule has 1 aromatic rings. The molecule has 136 valence electrons. The van der Waals surface area contributed by atoms with E-state index in [1.54, 1.807) is 18.2 Å². The van der Waals surface area contributed by atoms with Crippen LogP contribution in [0.4, 0.5) is 13.2 Å². The highest BCUT2D eigenvalue weighted by Crippen LogP contribution is 2.25. The fraction of sp³-hybridized carbons (Fsp3) is 0.533. The van der Waals surface area contributed by atoms with Crippen LogP contribution in [0, 0.1) is 6.92 Å². The van der Waals surface area contributed by atoms with Gasteiger partial charge in [-0.15, -0.1) is 12.4 Å². The van der Waals surface area contributed by atoms with Gasteiger partial charge in [-0.1, -0.05) is 22.0 Å². The molecule has 1 atom stereocenters. The zero-order valence-corrected chi connectivity index (χ0v) is 15.5. The number of alkyl halides is 3. The third kappa shape index (κ3) is 5.61. The summed E-state index contributed by atoms with van der Waals surface area (Å²) in [7, 11) is 0. The highest BCUT2D eigenvalue weighted by atomic mass is 79.9. The van der Waals surface area contributed by atoms with Crippen LogP contribution in [-0.2, 0) is 0 Å². The third-order valence-electron chi connectivity index (χ3n) is 3.86. The van der Waals surface area contributed by atoms with Crippen molar-refractivity contribution in [3.05, 3.63) is 33.8 Å². The number of hydrogen-bond donors (Lipinski definition) is 2. The van der Waals surface area contributed by atoms with Gasteiger partial charge in [-0.2, -0.15) is 13.2 Å². The summed E-state index contributed by atoms with van der Waals surface area (Å²) in [5.41, 5.74) is 1.29. The normalized spacial score (nSPS) is 17.0. The van der Waals surface area contributed by atoms with E-state index in [1.807, 2.05) is 6.92 Å². The van der Waals surface area contributed by atoms with Crippen LogP contribution in [-0.4, -0.2) is 55.7 Å². The lowest BCUT2D eigenvalue weighted by Gasteiger charge is -2.35. The van der Waals surface area contributed by atoms with Crippen LogP contribution in [0.1, 0.15) is 15.9 Å². The smallest absolute Gasteiger partial charge is 0.350 e.